The molecular weight excluding hydrogens is 400 g/mol. The molecule has 0 atom stereocenters. The Kier molecular flexibility index (Phi) is 6.92. The molecule has 1 fully saturated rings. The first-order chi connectivity index (χ1) is 14.3. The number of rotatable bonds is 6. The minimum Gasteiger partial charge on any atom is -0.435 e. The predicted octanol–water partition coefficient (Wildman–Crippen LogP) is 6.36. The van der Waals surface area contributed by atoms with E-state index < -0.39 is 13.2 Å². The molecule has 0 amide bonds. The maximum atomic E-state index is 12.9. The zero-order valence-electron chi connectivity index (χ0n) is 16.2. The molecule has 0 N–H and O–H groups in total. The number of hydrogen-bond donors (Lipinski definition) is 0. The molecule has 0 spiro atoms. The summed E-state index contributed by atoms with van der Waals surface area (Å²) in [6.45, 7) is -3.75. The lowest BCUT2D eigenvalue weighted by Gasteiger charge is -2.22. The molecule has 0 heterocycles. The first kappa shape index (κ1) is 21.6. The number of carbonyl (C=O) groups is 1. The Labute approximate surface area is 171 Å². The van der Waals surface area contributed by atoms with E-state index in [1.54, 1.807) is 36.4 Å². The Morgan fingerprint density at radius 1 is 0.767 bits per heavy atom. The first-order valence-electron chi connectivity index (χ1n) is 9.36. The minimum atomic E-state index is -2.89. The quantitative estimate of drug-likeness (QED) is 0.403. The average molecular weight is 420 g/mol. The van der Waals surface area contributed by atoms with Gasteiger partial charge in [0, 0.05) is 11.1 Å². The number of halogens is 4. The van der Waals surface area contributed by atoms with E-state index in [1.807, 2.05) is 6.92 Å². The van der Waals surface area contributed by atoms with E-state index in [9.17, 15) is 22.4 Å². The second kappa shape index (κ2) is 9.61. The van der Waals surface area contributed by atoms with Gasteiger partial charge in [0.1, 0.15) is 11.5 Å². The van der Waals surface area contributed by atoms with Crippen molar-refractivity contribution in [1.29, 1.82) is 0 Å². The van der Waals surface area contributed by atoms with Crippen LogP contribution in [0.3, 0.4) is 0 Å². The second-order valence-corrected chi connectivity index (χ2v) is 7.08. The van der Waals surface area contributed by atoms with Crippen molar-refractivity contribution in [3.8, 4) is 11.5 Å². The maximum absolute atomic E-state index is 12.9. The molecule has 0 saturated heterocycles. The van der Waals surface area contributed by atoms with E-state index in [0.717, 1.165) is 0 Å². The highest BCUT2D eigenvalue weighted by molar-refractivity contribution is 6.14. The van der Waals surface area contributed by atoms with Crippen LogP contribution in [0.2, 0.25) is 0 Å². The van der Waals surface area contributed by atoms with Crippen LogP contribution in [-0.4, -0.2) is 19.0 Å². The molecule has 0 unspecified atom stereocenters. The maximum Gasteiger partial charge on any atom is 0.387 e. The fraction of sp³-hybridized carbons (Fsp3) is 0.261. The third kappa shape index (κ3) is 5.95. The normalized spacial score (nSPS) is 19.7. The van der Waals surface area contributed by atoms with Crippen LogP contribution in [0, 0.1) is 5.92 Å². The molecular formula is C23H20F4O3. The van der Waals surface area contributed by atoms with Crippen LogP contribution in [-0.2, 0) is 4.79 Å². The van der Waals surface area contributed by atoms with Gasteiger partial charge in [-0.25, -0.2) is 0 Å². The highest BCUT2D eigenvalue weighted by Gasteiger charge is 2.25. The average Bonchev–Trinajstić information content (AvgIpc) is 2.67. The number of benzene rings is 2. The number of ether oxygens (including phenoxy) is 2. The molecule has 0 aliphatic heterocycles. The van der Waals surface area contributed by atoms with Crippen molar-refractivity contribution in [2.24, 2.45) is 5.92 Å². The van der Waals surface area contributed by atoms with Crippen molar-refractivity contribution in [2.75, 3.05) is 0 Å². The zero-order valence-corrected chi connectivity index (χ0v) is 16.2. The van der Waals surface area contributed by atoms with E-state index in [-0.39, 0.29) is 23.2 Å². The lowest BCUT2D eigenvalue weighted by Crippen LogP contribution is -2.18. The van der Waals surface area contributed by atoms with E-state index in [2.05, 4.69) is 9.47 Å². The van der Waals surface area contributed by atoms with Gasteiger partial charge in [-0.15, -0.1) is 0 Å². The molecule has 0 radical (unpaired) electrons. The van der Waals surface area contributed by atoms with Crippen LogP contribution in [0.15, 0.2) is 59.7 Å². The summed E-state index contributed by atoms with van der Waals surface area (Å²) in [5.74, 6) is 0.252. The Hall–Kier alpha value is -3.09. The van der Waals surface area contributed by atoms with Crippen LogP contribution in [0.4, 0.5) is 17.6 Å². The summed E-state index contributed by atoms with van der Waals surface area (Å²) in [5, 5.41) is 0. The molecule has 158 valence electrons. The lowest BCUT2D eigenvalue weighted by atomic mass is 9.81. The van der Waals surface area contributed by atoms with Crippen molar-refractivity contribution < 1.29 is 31.8 Å². The minimum absolute atomic E-state index is 0.0512. The van der Waals surface area contributed by atoms with Gasteiger partial charge in [0.05, 0.1) is 0 Å². The Balaban J connectivity index is 1.79. The molecule has 1 aliphatic rings. The number of ketones is 1. The number of Topliss-reactive ketones (excluding diaryl/α,β-unsaturated/α-hetero) is 1. The zero-order chi connectivity index (χ0) is 21.7. The van der Waals surface area contributed by atoms with Gasteiger partial charge >= 0.3 is 13.2 Å². The van der Waals surface area contributed by atoms with E-state index in [1.165, 1.54) is 24.3 Å². The Morgan fingerprint density at radius 2 is 1.13 bits per heavy atom. The molecule has 3 rings (SSSR count). The monoisotopic (exact) mass is 420 g/mol. The molecule has 1 saturated carbocycles. The van der Waals surface area contributed by atoms with Crippen LogP contribution in [0.1, 0.15) is 30.9 Å². The number of allylic oxidation sites excluding steroid dienone is 2. The Bertz CT molecular complexity index is 856. The van der Waals surface area contributed by atoms with Crippen molar-refractivity contribution >= 4 is 17.9 Å². The van der Waals surface area contributed by atoms with Gasteiger partial charge in [-0.2, -0.15) is 17.6 Å². The summed E-state index contributed by atoms with van der Waals surface area (Å²) in [6.07, 6.45) is 4.70. The summed E-state index contributed by atoms with van der Waals surface area (Å²) in [7, 11) is 0. The summed E-state index contributed by atoms with van der Waals surface area (Å²) in [4.78, 5) is 12.9. The molecule has 30 heavy (non-hydrogen) atoms. The van der Waals surface area contributed by atoms with Crippen LogP contribution in [0.5, 0.6) is 11.5 Å². The van der Waals surface area contributed by atoms with Gasteiger partial charge in [0.25, 0.3) is 0 Å². The molecule has 2 aromatic rings. The van der Waals surface area contributed by atoms with Crippen molar-refractivity contribution in [1.82, 2.24) is 0 Å². The fourth-order valence-electron chi connectivity index (χ4n) is 3.36. The summed E-state index contributed by atoms with van der Waals surface area (Å²) < 4.78 is 57.7. The topological polar surface area (TPSA) is 35.5 Å². The van der Waals surface area contributed by atoms with Crippen LogP contribution >= 0.6 is 0 Å². The highest BCUT2D eigenvalue weighted by atomic mass is 19.3. The van der Waals surface area contributed by atoms with E-state index in [4.69, 9.17) is 0 Å². The summed E-state index contributed by atoms with van der Waals surface area (Å²) >= 11 is 0. The van der Waals surface area contributed by atoms with Gasteiger partial charge in [0.2, 0.25) is 0 Å². The standard InChI is InChI=1S/C23H20F4O3/c1-14-10-17(12-15-2-6-19(7-3-15)29-22(24)25)21(28)18(11-14)13-16-4-8-20(9-5-16)30-23(26)27/h2-9,12-14,22-23H,10-11H2,1H3/b17-12+,18-13+. The van der Waals surface area contributed by atoms with Gasteiger partial charge in [0.15, 0.2) is 5.78 Å². The van der Waals surface area contributed by atoms with E-state index >= 15 is 0 Å². The van der Waals surface area contributed by atoms with Gasteiger partial charge < -0.3 is 9.47 Å². The molecule has 3 nitrogen and oxygen atoms in total. The Morgan fingerprint density at radius 3 is 1.47 bits per heavy atom. The summed E-state index contributed by atoms with van der Waals surface area (Å²) in [5.41, 5.74) is 2.67. The highest BCUT2D eigenvalue weighted by Crippen LogP contribution is 2.32. The SMILES string of the molecule is CC1C/C(=C\c2ccc(OC(F)F)cc2)C(=O)/C(=C/c2ccc(OC(F)F)cc2)C1. The molecule has 0 aromatic heterocycles. The molecule has 0 bridgehead atoms. The van der Waals surface area contributed by atoms with Crippen molar-refractivity contribution in [3.05, 3.63) is 70.8 Å². The van der Waals surface area contributed by atoms with Crippen LogP contribution in [0.25, 0.3) is 12.2 Å². The molecule has 1 aliphatic carbocycles. The van der Waals surface area contributed by atoms with E-state index in [0.29, 0.717) is 35.1 Å². The van der Waals surface area contributed by atoms with Crippen molar-refractivity contribution in [2.45, 2.75) is 33.0 Å². The molecule has 7 heteroatoms. The number of carbonyl (C=O) groups excluding carboxylic acids is 1. The summed E-state index contributed by atoms with van der Waals surface area (Å²) in [6, 6.07) is 12.2. The van der Waals surface area contributed by atoms with Gasteiger partial charge in [-0.3, -0.25) is 4.79 Å². The van der Waals surface area contributed by atoms with Crippen LogP contribution < -0.4 is 9.47 Å². The van der Waals surface area contributed by atoms with Crippen molar-refractivity contribution in [3.63, 3.8) is 0 Å². The fourth-order valence-corrected chi connectivity index (χ4v) is 3.36. The number of alkyl halides is 4. The first-order valence-corrected chi connectivity index (χ1v) is 9.36. The largest absolute Gasteiger partial charge is 0.435 e. The van der Waals surface area contributed by atoms with Gasteiger partial charge in [-0.05, 0) is 66.3 Å². The number of hydrogen-bond acceptors (Lipinski definition) is 3. The predicted molar refractivity (Wildman–Crippen MR) is 106 cm³/mol. The molecule has 2 aromatic carbocycles. The second-order valence-electron chi connectivity index (χ2n) is 7.08. The van der Waals surface area contributed by atoms with Gasteiger partial charge in [-0.1, -0.05) is 31.2 Å². The third-order valence-corrected chi connectivity index (χ3v) is 4.61. The lowest BCUT2D eigenvalue weighted by molar-refractivity contribution is -0.113. The smallest absolute Gasteiger partial charge is 0.387 e. The third-order valence-electron chi connectivity index (χ3n) is 4.61.